The lowest BCUT2D eigenvalue weighted by molar-refractivity contribution is -0.138. The maximum Gasteiger partial charge on any atom is 0.225 e. The summed E-state index contributed by atoms with van der Waals surface area (Å²) in [4.78, 5) is 15.1. The maximum absolute atomic E-state index is 13.7. The minimum atomic E-state index is -0.175. The highest BCUT2D eigenvalue weighted by Gasteiger charge is 2.38. The number of amides is 1. The summed E-state index contributed by atoms with van der Waals surface area (Å²) >= 11 is 0. The van der Waals surface area contributed by atoms with Crippen molar-refractivity contribution < 1.29 is 9.18 Å². The number of piperidine rings is 1. The highest BCUT2D eigenvalue weighted by Crippen LogP contribution is 2.33. The van der Waals surface area contributed by atoms with Crippen LogP contribution >= 0.6 is 0 Å². The van der Waals surface area contributed by atoms with E-state index in [0.717, 1.165) is 50.9 Å². The lowest BCUT2D eigenvalue weighted by atomic mass is 9.80. The number of likely N-dealkylation sites (tertiary alicyclic amines) is 1. The Bertz CT molecular complexity index is 631. The Balaban J connectivity index is 1.44. The number of hydrogen-bond acceptors (Lipinski definition) is 3. The molecule has 0 radical (unpaired) electrons. The molecular weight excluding hydrogens is 329 g/mol. The average molecular weight is 359 g/mol. The number of rotatable bonds is 3. The van der Waals surface area contributed by atoms with Crippen LogP contribution in [0, 0.1) is 17.7 Å². The number of halogens is 1. The van der Waals surface area contributed by atoms with Crippen molar-refractivity contribution in [3.05, 3.63) is 35.6 Å². The second-order valence-corrected chi connectivity index (χ2v) is 8.23. The third-order valence-electron chi connectivity index (χ3n) is 6.53. The van der Waals surface area contributed by atoms with Gasteiger partial charge in [0, 0.05) is 37.5 Å². The number of carbonyl (C=O) groups excluding carboxylic acids is 1. The fourth-order valence-corrected chi connectivity index (χ4v) is 5.13. The molecule has 26 heavy (non-hydrogen) atoms. The molecule has 3 atom stereocenters. The van der Waals surface area contributed by atoms with E-state index in [0.29, 0.717) is 11.8 Å². The standard InChI is InChI=1S/C21H30FN3O/c22-18-10-4-8-16(12-18)19-13-23-24-20(19)17-9-5-11-25(14-17)21(26)15-6-2-1-3-7-15/h4,8,10,12,15,17,19-20,23-24H,1-3,5-7,9,11,13-14H2. The molecule has 3 fully saturated rings. The molecule has 0 aromatic heterocycles. The molecule has 1 aliphatic carbocycles. The van der Waals surface area contributed by atoms with Crippen molar-refractivity contribution >= 4 is 5.91 Å². The first-order valence-corrected chi connectivity index (χ1v) is 10.2. The van der Waals surface area contributed by atoms with E-state index in [4.69, 9.17) is 0 Å². The molecule has 2 aliphatic heterocycles. The van der Waals surface area contributed by atoms with Crippen LogP contribution in [0.2, 0.25) is 0 Å². The van der Waals surface area contributed by atoms with Crippen LogP contribution in [0.15, 0.2) is 24.3 Å². The Hall–Kier alpha value is -1.46. The summed E-state index contributed by atoms with van der Waals surface area (Å²) in [5.41, 5.74) is 7.74. The number of hydrogen-bond donors (Lipinski definition) is 2. The SMILES string of the molecule is O=C(C1CCCCC1)N1CCCC(C2NNCC2c2cccc(F)c2)C1. The summed E-state index contributed by atoms with van der Waals surface area (Å²) in [5.74, 6) is 1.12. The van der Waals surface area contributed by atoms with Crippen LogP contribution in [0.4, 0.5) is 4.39 Å². The summed E-state index contributed by atoms with van der Waals surface area (Å²) in [6.45, 7) is 2.54. The molecule has 2 N–H and O–H groups in total. The van der Waals surface area contributed by atoms with Crippen molar-refractivity contribution in [1.82, 2.24) is 15.8 Å². The average Bonchev–Trinajstić information content (AvgIpc) is 3.18. The third kappa shape index (κ3) is 3.79. The van der Waals surface area contributed by atoms with Gasteiger partial charge in [-0.2, -0.15) is 0 Å². The van der Waals surface area contributed by atoms with E-state index in [9.17, 15) is 9.18 Å². The van der Waals surface area contributed by atoms with Crippen molar-refractivity contribution in [1.29, 1.82) is 0 Å². The molecule has 0 bridgehead atoms. The number of hydrazine groups is 1. The predicted octanol–water partition coefficient (Wildman–Crippen LogP) is 3.20. The van der Waals surface area contributed by atoms with Crippen LogP contribution in [-0.2, 0) is 4.79 Å². The van der Waals surface area contributed by atoms with Gasteiger partial charge in [0.2, 0.25) is 5.91 Å². The van der Waals surface area contributed by atoms with Gasteiger partial charge in [-0.3, -0.25) is 15.6 Å². The van der Waals surface area contributed by atoms with Gasteiger partial charge in [0.1, 0.15) is 5.82 Å². The van der Waals surface area contributed by atoms with Crippen LogP contribution in [0.3, 0.4) is 0 Å². The van der Waals surface area contributed by atoms with Crippen LogP contribution in [0.25, 0.3) is 0 Å². The molecule has 1 amide bonds. The molecule has 3 aliphatic rings. The van der Waals surface area contributed by atoms with Gasteiger partial charge in [0.25, 0.3) is 0 Å². The van der Waals surface area contributed by atoms with E-state index in [-0.39, 0.29) is 23.7 Å². The zero-order valence-electron chi connectivity index (χ0n) is 15.4. The highest BCUT2D eigenvalue weighted by molar-refractivity contribution is 5.79. The van der Waals surface area contributed by atoms with Gasteiger partial charge in [-0.15, -0.1) is 0 Å². The molecule has 5 heteroatoms. The minimum absolute atomic E-state index is 0.175. The van der Waals surface area contributed by atoms with Gasteiger partial charge in [-0.25, -0.2) is 4.39 Å². The first-order valence-electron chi connectivity index (χ1n) is 10.2. The van der Waals surface area contributed by atoms with E-state index in [1.54, 1.807) is 12.1 Å². The van der Waals surface area contributed by atoms with Gasteiger partial charge >= 0.3 is 0 Å². The Morgan fingerprint density at radius 2 is 1.96 bits per heavy atom. The summed E-state index contributed by atoms with van der Waals surface area (Å²) in [6, 6.07) is 7.21. The van der Waals surface area contributed by atoms with Crippen molar-refractivity contribution in [2.75, 3.05) is 19.6 Å². The fourth-order valence-electron chi connectivity index (χ4n) is 5.13. The topological polar surface area (TPSA) is 44.4 Å². The molecule has 4 nitrogen and oxygen atoms in total. The first-order chi connectivity index (χ1) is 12.7. The molecule has 1 aromatic rings. The summed E-state index contributed by atoms with van der Waals surface area (Å²) in [7, 11) is 0. The molecule has 1 saturated carbocycles. The van der Waals surface area contributed by atoms with Crippen LogP contribution in [0.5, 0.6) is 0 Å². The first kappa shape index (κ1) is 17.9. The van der Waals surface area contributed by atoms with E-state index in [1.807, 2.05) is 6.07 Å². The van der Waals surface area contributed by atoms with Gasteiger partial charge in [0.05, 0.1) is 0 Å². The van der Waals surface area contributed by atoms with Crippen molar-refractivity contribution in [2.24, 2.45) is 11.8 Å². The summed E-state index contributed by atoms with van der Waals surface area (Å²) < 4.78 is 13.7. The molecule has 3 unspecified atom stereocenters. The predicted molar refractivity (Wildman–Crippen MR) is 99.9 cm³/mol. The third-order valence-corrected chi connectivity index (χ3v) is 6.53. The molecule has 2 heterocycles. The van der Waals surface area contributed by atoms with Crippen molar-refractivity contribution in [3.63, 3.8) is 0 Å². The van der Waals surface area contributed by atoms with Crippen molar-refractivity contribution in [2.45, 2.75) is 56.9 Å². The monoisotopic (exact) mass is 359 g/mol. The van der Waals surface area contributed by atoms with Crippen LogP contribution in [0.1, 0.15) is 56.4 Å². The second kappa shape index (κ2) is 8.05. The lowest BCUT2D eigenvalue weighted by Crippen LogP contribution is -2.49. The van der Waals surface area contributed by atoms with Gasteiger partial charge in [-0.05, 0) is 49.3 Å². The Morgan fingerprint density at radius 1 is 1.12 bits per heavy atom. The maximum atomic E-state index is 13.7. The number of benzene rings is 1. The molecular formula is C21H30FN3O. The Kier molecular flexibility index (Phi) is 5.55. The molecule has 1 aromatic carbocycles. The van der Waals surface area contributed by atoms with Crippen LogP contribution < -0.4 is 10.9 Å². The normalized spacial score (nSPS) is 30.5. The highest BCUT2D eigenvalue weighted by atomic mass is 19.1. The van der Waals surface area contributed by atoms with E-state index in [2.05, 4.69) is 15.8 Å². The number of nitrogens with zero attached hydrogens (tertiary/aromatic N) is 1. The zero-order valence-corrected chi connectivity index (χ0v) is 15.4. The number of carbonyl (C=O) groups is 1. The fraction of sp³-hybridized carbons (Fsp3) is 0.667. The summed E-state index contributed by atoms with van der Waals surface area (Å²) in [5, 5.41) is 0. The largest absolute Gasteiger partial charge is 0.342 e. The van der Waals surface area contributed by atoms with Gasteiger partial charge in [0.15, 0.2) is 0 Å². The van der Waals surface area contributed by atoms with E-state index in [1.165, 1.54) is 25.3 Å². The molecule has 4 rings (SSSR count). The minimum Gasteiger partial charge on any atom is -0.342 e. The molecule has 0 spiro atoms. The Morgan fingerprint density at radius 3 is 2.77 bits per heavy atom. The van der Waals surface area contributed by atoms with E-state index >= 15 is 0 Å². The zero-order chi connectivity index (χ0) is 17.9. The quantitative estimate of drug-likeness (QED) is 0.871. The van der Waals surface area contributed by atoms with Gasteiger partial charge in [-0.1, -0.05) is 31.4 Å². The number of nitrogens with one attached hydrogen (secondary N) is 2. The Labute approximate surface area is 155 Å². The van der Waals surface area contributed by atoms with Crippen molar-refractivity contribution in [3.8, 4) is 0 Å². The second-order valence-electron chi connectivity index (χ2n) is 8.23. The smallest absolute Gasteiger partial charge is 0.225 e. The van der Waals surface area contributed by atoms with Crippen LogP contribution in [-0.4, -0.2) is 36.5 Å². The summed E-state index contributed by atoms with van der Waals surface area (Å²) in [6.07, 6.45) is 7.99. The molecule has 2 saturated heterocycles. The van der Waals surface area contributed by atoms with Gasteiger partial charge < -0.3 is 4.90 Å². The lowest BCUT2D eigenvalue weighted by Gasteiger charge is -2.39. The van der Waals surface area contributed by atoms with E-state index < -0.39 is 0 Å². The molecule has 142 valence electrons.